The summed E-state index contributed by atoms with van der Waals surface area (Å²) in [7, 11) is -3.62. The fraction of sp³-hybridized carbons (Fsp3) is 0.579. The summed E-state index contributed by atoms with van der Waals surface area (Å²) in [4.78, 5) is 28.1. The molecule has 1 aliphatic rings. The Labute approximate surface area is 550 Å². The minimum atomic E-state index is -1.81. The zero-order valence-electron chi connectivity index (χ0n) is 56.5. The van der Waals surface area contributed by atoms with E-state index in [1.165, 1.54) is 64.2 Å². The summed E-state index contributed by atoms with van der Waals surface area (Å²) in [5.41, 5.74) is 8.44. The van der Waals surface area contributed by atoms with Crippen molar-refractivity contribution in [2.75, 3.05) is 39.6 Å². The van der Waals surface area contributed by atoms with Crippen molar-refractivity contribution in [3.05, 3.63) is 153 Å². The molecule has 0 aromatic heterocycles. The Morgan fingerprint density at radius 1 is 0.438 bits per heavy atom. The molecule has 13 heteroatoms. The normalized spacial score (nSPS) is 12.9. The van der Waals surface area contributed by atoms with Crippen LogP contribution in [-0.4, -0.2) is 68.3 Å². The lowest BCUT2D eigenvalue weighted by Gasteiger charge is -2.42. The monoisotopic (exact) mass is 1290 g/mol. The standard InChI is InChI=1S/C76H111Cl2NO8Si2/c1-56(2)88(57(3)4,58(5)6)85-49-33-25-21-17-13-15-19-23-31-47-82-67-51-64(52-68(53-67)83-48-32-24-20-16-14-18-22-26-34-50-86-89(59(7)8,60(9)10)61(11)12)76(62-39-43-65(77)44-40-62,63-41-45-66(78)46-42-63)87-74(80)54-79-75(81)84-55-73-71-37-29-27-35-69(71)70-36-28-30-38-72(70)73/h27-30,35-46,51-53,56-61,73H,13-26,31-34,47-50,54-55H2,1-12H3,(H,79,81). The molecule has 89 heavy (non-hydrogen) atoms. The smallest absolute Gasteiger partial charge is 0.407 e. The Bertz CT molecular complexity index is 2660. The molecule has 9 nitrogen and oxygen atoms in total. The van der Waals surface area contributed by atoms with Crippen molar-refractivity contribution in [1.29, 1.82) is 0 Å². The minimum Gasteiger partial charge on any atom is -0.493 e. The number of hydrogen-bond acceptors (Lipinski definition) is 8. The van der Waals surface area contributed by atoms with Crippen LogP contribution in [0.4, 0.5) is 4.79 Å². The van der Waals surface area contributed by atoms with Gasteiger partial charge in [-0.2, -0.15) is 0 Å². The van der Waals surface area contributed by atoms with Gasteiger partial charge in [-0.05, 0) is 118 Å². The molecular weight excluding hydrogens is 1180 g/mol. The summed E-state index contributed by atoms with van der Waals surface area (Å²) in [6, 6.07) is 36.8. The van der Waals surface area contributed by atoms with Crippen molar-refractivity contribution in [3.63, 3.8) is 0 Å². The van der Waals surface area contributed by atoms with Gasteiger partial charge >= 0.3 is 12.1 Å². The molecule has 0 atom stereocenters. The highest BCUT2D eigenvalue weighted by molar-refractivity contribution is 6.78. The molecule has 1 N–H and O–H groups in total. The summed E-state index contributed by atoms with van der Waals surface area (Å²) < 4.78 is 39.6. The summed E-state index contributed by atoms with van der Waals surface area (Å²) >= 11 is 13.1. The van der Waals surface area contributed by atoms with Crippen molar-refractivity contribution in [1.82, 2.24) is 5.32 Å². The summed E-state index contributed by atoms with van der Waals surface area (Å²) in [5, 5.41) is 3.74. The van der Waals surface area contributed by atoms with Gasteiger partial charge in [-0.15, -0.1) is 0 Å². The molecule has 0 aliphatic heterocycles. The molecule has 0 saturated heterocycles. The Kier molecular flexibility index (Phi) is 30.7. The van der Waals surface area contributed by atoms with E-state index in [9.17, 15) is 9.59 Å². The third-order valence-electron chi connectivity index (χ3n) is 19.0. The molecule has 490 valence electrons. The number of alkyl carbamates (subject to hydrolysis) is 1. The molecule has 5 aromatic carbocycles. The molecule has 5 aromatic rings. The third-order valence-corrected chi connectivity index (χ3v) is 31.7. The second-order valence-corrected chi connectivity index (χ2v) is 38.7. The molecule has 0 radical (unpaired) electrons. The minimum absolute atomic E-state index is 0.104. The Morgan fingerprint density at radius 2 is 0.775 bits per heavy atom. The molecule has 0 fully saturated rings. The lowest BCUT2D eigenvalue weighted by atomic mass is 9.79. The number of nitrogens with one attached hydrogen (secondary N) is 1. The predicted molar refractivity (Wildman–Crippen MR) is 376 cm³/mol. The second-order valence-electron chi connectivity index (χ2n) is 26.9. The molecule has 1 aliphatic carbocycles. The highest BCUT2D eigenvalue weighted by Crippen LogP contribution is 2.47. The van der Waals surface area contributed by atoms with E-state index in [0.29, 0.717) is 84.7 Å². The number of esters is 1. The second kappa shape index (κ2) is 37.2. The summed E-state index contributed by atoms with van der Waals surface area (Å²) in [5.74, 6) is 0.374. The van der Waals surface area contributed by atoms with E-state index in [2.05, 4.69) is 113 Å². The van der Waals surface area contributed by atoms with E-state index in [4.69, 9.17) is 51.0 Å². The molecule has 0 bridgehead atoms. The topological polar surface area (TPSA) is 102 Å². The van der Waals surface area contributed by atoms with Crippen molar-refractivity contribution < 1.29 is 37.4 Å². The molecule has 1 amide bonds. The first-order valence-electron chi connectivity index (χ1n) is 34.3. The maximum absolute atomic E-state index is 14.5. The van der Waals surface area contributed by atoms with Gasteiger partial charge in [0, 0.05) is 51.9 Å². The first kappa shape index (κ1) is 73.4. The third kappa shape index (κ3) is 20.4. The van der Waals surface area contributed by atoms with Crippen LogP contribution in [-0.2, 0) is 28.7 Å². The SMILES string of the molecule is CC(C)[Si](OCCCCCCCCCCCOc1cc(OCCCCCCCCCCCO[Si](C(C)C)(C(C)C)C(C)C)cc(C(OC(=O)CNC(=O)OCC2c3ccccc3-c3ccccc32)(c2ccc(Cl)cc2)c2ccc(Cl)cc2)c1)(C(C)C)C(C)C. The van der Waals surface area contributed by atoms with Crippen LogP contribution in [0, 0.1) is 0 Å². The van der Waals surface area contributed by atoms with Gasteiger partial charge in [-0.25, -0.2) is 4.79 Å². The first-order valence-corrected chi connectivity index (χ1v) is 39.3. The van der Waals surface area contributed by atoms with Gasteiger partial charge in [0.05, 0.1) is 13.2 Å². The van der Waals surface area contributed by atoms with Gasteiger partial charge in [0.25, 0.3) is 0 Å². The van der Waals surface area contributed by atoms with Crippen LogP contribution in [0.5, 0.6) is 11.5 Å². The maximum Gasteiger partial charge on any atom is 0.407 e. The van der Waals surface area contributed by atoms with Crippen molar-refractivity contribution in [2.24, 2.45) is 0 Å². The maximum atomic E-state index is 14.5. The zero-order chi connectivity index (χ0) is 64.4. The van der Waals surface area contributed by atoms with E-state index < -0.39 is 40.8 Å². The van der Waals surface area contributed by atoms with E-state index in [0.717, 1.165) is 86.8 Å². The van der Waals surface area contributed by atoms with Gasteiger partial charge in [0.1, 0.15) is 24.7 Å². The van der Waals surface area contributed by atoms with Crippen molar-refractivity contribution in [3.8, 4) is 22.6 Å². The molecular formula is C76H111Cl2NO8Si2. The van der Waals surface area contributed by atoms with Crippen LogP contribution in [0.1, 0.15) is 232 Å². The lowest BCUT2D eigenvalue weighted by molar-refractivity contribution is -0.152. The fourth-order valence-electron chi connectivity index (χ4n) is 14.7. The van der Waals surface area contributed by atoms with Crippen LogP contribution in [0.3, 0.4) is 0 Å². The number of benzene rings is 5. The average Bonchev–Trinajstić information content (AvgIpc) is 1.81. The average molecular weight is 1290 g/mol. The van der Waals surface area contributed by atoms with Crippen LogP contribution in [0.25, 0.3) is 11.1 Å². The Morgan fingerprint density at radius 3 is 1.13 bits per heavy atom. The summed E-state index contributed by atoms with van der Waals surface area (Å²) in [6.45, 7) is 30.8. The van der Waals surface area contributed by atoms with E-state index >= 15 is 0 Å². The van der Waals surface area contributed by atoms with Crippen molar-refractivity contribution >= 4 is 51.9 Å². The number of rotatable bonds is 42. The van der Waals surface area contributed by atoms with Crippen LogP contribution < -0.4 is 14.8 Å². The van der Waals surface area contributed by atoms with Gasteiger partial charge in [-0.3, -0.25) is 4.79 Å². The number of fused-ring (bicyclic) bond motifs is 3. The highest BCUT2D eigenvalue weighted by atomic mass is 35.5. The number of ether oxygens (including phenoxy) is 4. The molecule has 0 heterocycles. The quantitative estimate of drug-likeness (QED) is 0.0178. The molecule has 0 spiro atoms. The zero-order valence-corrected chi connectivity index (χ0v) is 60.0. The number of hydrogen-bond donors (Lipinski definition) is 1. The van der Waals surface area contributed by atoms with Gasteiger partial charge in [0.2, 0.25) is 0 Å². The lowest BCUT2D eigenvalue weighted by Crippen LogP contribution is -2.47. The first-order chi connectivity index (χ1) is 42.8. The number of amides is 1. The fourth-order valence-corrected chi connectivity index (χ4v) is 26.0. The van der Waals surface area contributed by atoms with Gasteiger partial charge in [-0.1, -0.05) is 269 Å². The van der Waals surface area contributed by atoms with Crippen LogP contribution >= 0.6 is 23.2 Å². The van der Waals surface area contributed by atoms with E-state index in [-0.39, 0.29) is 12.5 Å². The predicted octanol–water partition coefficient (Wildman–Crippen LogP) is 22.5. The van der Waals surface area contributed by atoms with Crippen LogP contribution in [0.15, 0.2) is 115 Å². The molecule has 0 unspecified atom stereocenters. The van der Waals surface area contributed by atoms with E-state index in [1.54, 1.807) is 24.3 Å². The largest absolute Gasteiger partial charge is 0.493 e. The molecule has 6 rings (SSSR count). The van der Waals surface area contributed by atoms with Gasteiger partial charge in [0.15, 0.2) is 22.2 Å². The number of carbonyl (C=O) groups is 2. The Hall–Kier alpha value is -4.63. The highest BCUT2D eigenvalue weighted by Gasteiger charge is 2.46. The van der Waals surface area contributed by atoms with Gasteiger partial charge < -0.3 is 33.1 Å². The van der Waals surface area contributed by atoms with Crippen LogP contribution in [0.2, 0.25) is 43.3 Å². The number of unbranched alkanes of at least 4 members (excludes halogenated alkanes) is 16. The number of halogens is 2. The van der Waals surface area contributed by atoms with E-state index in [1.807, 2.05) is 66.7 Å². The molecule has 0 saturated carbocycles. The number of carbonyl (C=O) groups excluding carboxylic acids is 2. The van der Waals surface area contributed by atoms with Crippen molar-refractivity contribution in [2.45, 2.75) is 243 Å². The summed E-state index contributed by atoms with van der Waals surface area (Å²) in [6.07, 6.45) is 20.1. The Balaban J connectivity index is 1.10.